The number of hydrogen-bond acceptors (Lipinski definition) is 5. The third-order valence-electron chi connectivity index (χ3n) is 5.05. The summed E-state index contributed by atoms with van der Waals surface area (Å²) in [5.41, 5.74) is 4.41. The van der Waals surface area contributed by atoms with Gasteiger partial charge in [0, 0.05) is 41.0 Å². The van der Waals surface area contributed by atoms with Gasteiger partial charge in [-0.25, -0.2) is 9.78 Å². The lowest BCUT2D eigenvalue weighted by atomic mass is 10.1. The molecule has 2 N–H and O–H groups in total. The lowest BCUT2D eigenvalue weighted by Gasteiger charge is -2.30. The first-order valence-corrected chi connectivity index (χ1v) is 11.2. The molecule has 1 aliphatic rings. The number of thioether (sulfide) groups is 1. The van der Waals surface area contributed by atoms with Gasteiger partial charge in [0.05, 0.1) is 12.8 Å². The number of hydrogen-bond donors (Lipinski definition) is 2. The number of nitrogens with one attached hydrogen (secondary N) is 2. The zero-order chi connectivity index (χ0) is 22.7. The molecule has 3 aromatic rings. The van der Waals surface area contributed by atoms with Crippen molar-refractivity contribution in [2.75, 3.05) is 34.9 Å². The largest absolute Gasteiger partial charge is 0.497 e. The highest BCUT2D eigenvalue weighted by atomic mass is 32.2. The second kappa shape index (κ2) is 9.32. The molecule has 3 amide bonds. The Morgan fingerprint density at radius 3 is 2.56 bits per heavy atom. The van der Waals surface area contributed by atoms with E-state index in [1.807, 2.05) is 26.0 Å². The van der Waals surface area contributed by atoms with Crippen molar-refractivity contribution in [2.45, 2.75) is 18.9 Å². The molecule has 0 unspecified atom stereocenters. The third-order valence-corrected chi connectivity index (χ3v) is 6.00. The first-order valence-electron chi connectivity index (χ1n) is 10.2. The topological polar surface area (TPSA) is 83.6 Å². The highest BCUT2D eigenvalue weighted by Crippen LogP contribution is 2.36. The van der Waals surface area contributed by atoms with Gasteiger partial charge in [0.2, 0.25) is 0 Å². The van der Waals surface area contributed by atoms with E-state index in [4.69, 9.17) is 4.74 Å². The molecule has 0 saturated carbocycles. The Kier molecular flexibility index (Phi) is 6.32. The number of amides is 3. The monoisotopic (exact) mass is 448 g/mol. The van der Waals surface area contributed by atoms with Crippen molar-refractivity contribution >= 4 is 40.8 Å². The van der Waals surface area contributed by atoms with Crippen LogP contribution in [-0.4, -0.2) is 36.3 Å². The van der Waals surface area contributed by atoms with E-state index in [9.17, 15) is 9.59 Å². The molecular weight excluding hydrogens is 424 g/mol. The van der Waals surface area contributed by atoms with Crippen LogP contribution in [0.15, 0.2) is 59.6 Å². The van der Waals surface area contributed by atoms with E-state index in [0.29, 0.717) is 29.2 Å². The Bertz CT molecular complexity index is 1180. The first kappa shape index (κ1) is 21.7. The number of carbonyl (C=O) groups is 2. The number of ether oxygens (including phenoxy) is 1. The Labute approximate surface area is 191 Å². The van der Waals surface area contributed by atoms with Gasteiger partial charge in [-0.1, -0.05) is 12.1 Å². The number of carbonyl (C=O) groups excluding carboxylic acids is 2. The fraction of sp³-hybridized carbons (Fsp3) is 0.208. The van der Waals surface area contributed by atoms with E-state index in [1.165, 1.54) is 0 Å². The quantitative estimate of drug-likeness (QED) is 0.580. The summed E-state index contributed by atoms with van der Waals surface area (Å²) in [5.74, 6) is 1.16. The average molecular weight is 449 g/mol. The van der Waals surface area contributed by atoms with E-state index >= 15 is 0 Å². The minimum Gasteiger partial charge on any atom is -0.497 e. The van der Waals surface area contributed by atoms with Crippen molar-refractivity contribution in [3.63, 3.8) is 0 Å². The van der Waals surface area contributed by atoms with Gasteiger partial charge in [-0.05, 0) is 55.8 Å². The van der Waals surface area contributed by atoms with Gasteiger partial charge in [-0.3, -0.25) is 9.69 Å². The number of methoxy groups -OCH3 is 1. The standard InChI is InChI=1S/C24H24N4O3S/c1-15-12-16(2)25-23-21(15)28(10-11-32-23)24(30)27-18-7-4-6-17(13-18)22(29)26-19-8-5-9-20(14-19)31-3/h4-9,12-14H,10-11H2,1-3H3,(H,26,29)(H,27,30). The molecule has 164 valence electrons. The molecule has 0 saturated heterocycles. The van der Waals surface area contributed by atoms with Crippen LogP contribution in [0, 0.1) is 13.8 Å². The van der Waals surface area contributed by atoms with E-state index in [-0.39, 0.29) is 11.9 Å². The highest BCUT2D eigenvalue weighted by molar-refractivity contribution is 7.99. The van der Waals surface area contributed by atoms with Crippen LogP contribution < -0.4 is 20.3 Å². The Hall–Kier alpha value is -3.52. The maximum Gasteiger partial charge on any atom is 0.326 e. The normalized spacial score (nSPS) is 12.7. The summed E-state index contributed by atoms with van der Waals surface area (Å²) in [4.78, 5) is 32.1. The minimum atomic E-state index is -0.274. The van der Waals surface area contributed by atoms with Crippen molar-refractivity contribution in [1.29, 1.82) is 0 Å². The number of fused-ring (bicyclic) bond motifs is 1. The molecule has 1 aromatic heterocycles. The van der Waals surface area contributed by atoms with Gasteiger partial charge >= 0.3 is 6.03 Å². The smallest absolute Gasteiger partial charge is 0.326 e. The Balaban J connectivity index is 1.50. The maximum atomic E-state index is 13.1. The lowest BCUT2D eigenvalue weighted by molar-refractivity contribution is 0.102. The predicted octanol–water partition coefficient (Wildman–Crippen LogP) is 5.10. The highest BCUT2D eigenvalue weighted by Gasteiger charge is 2.26. The van der Waals surface area contributed by atoms with Gasteiger partial charge in [0.15, 0.2) is 0 Å². The van der Waals surface area contributed by atoms with Crippen LogP contribution >= 0.6 is 11.8 Å². The average Bonchev–Trinajstić information content (AvgIpc) is 2.78. The fourth-order valence-corrected chi connectivity index (χ4v) is 4.69. The molecule has 2 heterocycles. The van der Waals surface area contributed by atoms with Crippen LogP contribution in [0.4, 0.5) is 21.9 Å². The molecule has 0 spiro atoms. The van der Waals surface area contributed by atoms with Gasteiger partial charge in [0.1, 0.15) is 10.8 Å². The molecule has 0 aliphatic carbocycles. The number of nitrogens with zero attached hydrogens (tertiary/aromatic N) is 2. The molecule has 32 heavy (non-hydrogen) atoms. The summed E-state index contributed by atoms with van der Waals surface area (Å²) >= 11 is 1.66. The van der Waals surface area contributed by atoms with E-state index in [0.717, 1.165) is 27.7 Å². The molecule has 0 atom stereocenters. The van der Waals surface area contributed by atoms with Crippen molar-refractivity contribution in [1.82, 2.24) is 4.98 Å². The molecule has 0 fully saturated rings. The molecule has 0 bridgehead atoms. The van der Waals surface area contributed by atoms with Gasteiger partial charge in [-0.15, -0.1) is 11.8 Å². The van der Waals surface area contributed by atoms with Crippen LogP contribution in [0.5, 0.6) is 5.75 Å². The second-order valence-corrected chi connectivity index (χ2v) is 8.52. The molecule has 8 heteroatoms. The van der Waals surface area contributed by atoms with Crippen LogP contribution in [0.25, 0.3) is 0 Å². The first-order chi connectivity index (χ1) is 15.4. The zero-order valence-electron chi connectivity index (χ0n) is 18.1. The maximum absolute atomic E-state index is 13.1. The van der Waals surface area contributed by atoms with E-state index in [1.54, 1.807) is 66.2 Å². The fourth-order valence-electron chi connectivity index (χ4n) is 3.61. The van der Waals surface area contributed by atoms with E-state index in [2.05, 4.69) is 15.6 Å². The SMILES string of the molecule is COc1cccc(NC(=O)c2cccc(NC(=O)N3CCSc4nc(C)cc(C)c43)c2)c1. The number of urea groups is 1. The van der Waals surface area contributed by atoms with Crippen LogP contribution in [0.1, 0.15) is 21.6 Å². The van der Waals surface area contributed by atoms with Gasteiger partial charge in [-0.2, -0.15) is 0 Å². The third kappa shape index (κ3) is 4.70. The van der Waals surface area contributed by atoms with Crippen LogP contribution in [0.3, 0.4) is 0 Å². The van der Waals surface area contributed by atoms with Crippen molar-refractivity contribution in [2.24, 2.45) is 0 Å². The Morgan fingerprint density at radius 1 is 1.03 bits per heavy atom. The van der Waals surface area contributed by atoms with Crippen LogP contribution in [-0.2, 0) is 0 Å². The minimum absolute atomic E-state index is 0.245. The van der Waals surface area contributed by atoms with E-state index < -0.39 is 0 Å². The van der Waals surface area contributed by atoms with Gasteiger partial charge < -0.3 is 15.4 Å². The van der Waals surface area contributed by atoms with Crippen LogP contribution in [0.2, 0.25) is 0 Å². The molecular formula is C24H24N4O3S. The number of anilines is 3. The summed E-state index contributed by atoms with van der Waals surface area (Å²) in [7, 11) is 1.57. The number of aromatic nitrogens is 1. The molecule has 4 rings (SSSR count). The number of benzene rings is 2. The summed E-state index contributed by atoms with van der Waals surface area (Å²) in [6.07, 6.45) is 0. The summed E-state index contributed by atoms with van der Waals surface area (Å²) < 4.78 is 5.19. The lowest BCUT2D eigenvalue weighted by Crippen LogP contribution is -2.39. The van der Waals surface area contributed by atoms with Crippen molar-refractivity contribution < 1.29 is 14.3 Å². The number of pyridine rings is 1. The molecule has 7 nitrogen and oxygen atoms in total. The number of rotatable bonds is 4. The molecule has 1 aliphatic heterocycles. The molecule has 2 aromatic carbocycles. The summed E-state index contributed by atoms with van der Waals surface area (Å²) in [5, 5.41) is 6.64. The number of aryl methyl sites for hydroxylation is 2. The Morgan fingerprint density at radius 2 is 1.78 bits per heavy atom. The van der Waals surface area contributed by atoms with Gasteiger partial charge in [0.25, 0.3) is 5.91 Å². The predicted molar refractivity (Wildman–Crippen MR) is 128 cm³/mol. The van der Waals surface area contributed by atoms with Crippen molar-refractivity contribution in [3.05, 3.63) is 71.4 Å². The second-order valence-electron chi connectivity index (χ2n) is 7.43. The zero-order valence-corrected chi connectivity index (χ0v) is 19.0. The van der Waals surface area contributed by atoms with Crippen molar-refractivity contribution in [3.8, 4) is 5.75 Å². The summed E-state index contributed by atoms with van der Waals surface area (Å²) in [6, 6.07) is 15.7. The summed E-state index contributed by atoms with van der Waals surface area (Å²) in [6.45, 7) is 4.53. The molecule has 0 radical (unpaired) electrons.